The summed E-state index contributed by atoms with van der Waals surface area (Å²) in [4.78, 5) is 37.5. The number of hydrogen-bond acceptors (Lipinski definition) is 12. The molecule has 0 bridgehead atoms. The van der Waals surface area contributed by atoms with E-state index in [-0.39, 0.29) is 5.56 Å². The Morgan fingerprint density at radius 2 is 1.07 bits per heavy atom. The third kappa shape index (κ3) is 16.3. The molecule has 54 heavy (non-hydrogen) atoms. The van der Waals surface area contributed by atoms with Crippen LogP contribution in [0.4, 0.5) is 0 Å². The maximum Gasteiger partial charge on any atom is 0.490 e. The summed E-state index contributed by atoms with van der Waals surface area (Å²) >= 11 is 6.46. The largest absolute Gasteiger partial charge is 0.490 e. The van der Waals surface area contributed by atoms with Crippen molar-refractivity contribution < 1.29 is 24.3 Å². The van der Waals surface area contributed by atoms with Crippen LogP contribution in [-0.4, -0.2) is 73.4 Å². The summed E-state index contributed by atoms with van der Waals surface area (Å²) in [6.07, 6.45) is 11.7. The van der Waals surface area contributed by atoms with Crippen molar-refractivity contribution in [2.45, 2.75) is 0 Å². The number of nitrogens with one attached hydrogen (secondary N) is 1. The van der Waals surface area contributed by atoms with E-state index in [0.29, 0.717) is 23.1 Å². The van der Waals surface area contributed by atoms with E-state index in [1.165, 1.54) is 25.4 Å². The molecular formula is C38H36BBr2N7O6. The minimum absolute atomic E-state index is 0.0975. The molecule has 0 aromatic carbocycles. The zero-order chi connectivity index (χ0) is 39.0. The first-order valence-corrected chi connectivity index (χ1v) is 17.4. The van der Waals surface area contributed by atoms with E-state index >= 15 is 0 Å². The topological polar surface area (TPSA) is 178 Å². The molecule has 7 aromatic rings. The number of aromatic nitrogens is 7. The van der Waals surface area contributed by atoms with Gasteiger partial charge < -0.3 is 29.2 Å². The summed E-state index contributed by atoms with van der Waals surface area (Å²) in [5.41, 5.74) is 3.94. The van der Waals surface area contributed by atoms with Crippen LogP contribution in [0, 0.1) is 0 Å². The number of rotatable bonds is 6. The van der Waals surface area contributed by atoms with Crippen LogP contribution >= 0.6 is 31.9 Å². The smallest absolute Gasteiger partial charge is 0.481 e. The second-order valence-corrected chi connectivity index (χ2v) is 11.9. The normalized spacial score (nSPS) is 9.46. The summed E-state index contributed by atoms with van der Waals surface area (Å²) in [7, 11) is 3.23. The van der Waals surface area contributed by atoms with E-state index in [2.05, 4.69) is 66.7 Å². The van der Waals surface area contributed by atoms with Crippen molar-refractivity contribution in [3.8, 4) is 40.2 Å². The molecule has 7 rings (SSSR count). The Balaban J connectivity index is 0.000000185. The van der Waals surface area contributed by atoms with Crippen molar-refractivity contribution in [2.24, 2.45) is 0 Å². The average Bonchev–Trinajstić information content (AvgIpc) is 3.23. The molecule has 7 aromatic heterocycles. The lowest BCUT2D eigenvalue weighted by atomic mass is 9.82. The zero-order valence-electron chi connectivity index (χ0n) is 29.4. The molecule has 276 valence electrons. The van der Waals surface area contributed by atoms with E-state index in [1.807, 2.05) is 72.8 Å². The lowest BCUT2D eigenvalue weighted by Crippen LogP contribution is -2.29. The van der Waals surface area contributed by atoms with Gasteiger partial charge in [-0.1, -0.05) is 24.3 Å². The SMILES string of the molecule is Brc1ccccn1.COc1ccc(-c2ccccn2)cn1.COc1ccc(B(O)O)cn1.COc1ccc(Br)cn1.O=c1ccc(-c2ccccn2)c[nH]1. The molecule has 0 atom stereocenters. The minimum atomic E-state index is -1.46. The summed E-state index contributed by atoms with van der Waals surface area (Å²) in [5, 5.41) is 17.3. The molecule has 0 spiro atoms. The molecule has 0 amide bonds. The van der Waals surface area contributed by atoms with Gasteiger partial charge in [0.2, 0.25) is 23.2 Å². The molecule has 0 radical (unpaired) electrons. The molecule has 0 aliphatic rings. The first-order chi connectivity index (χ1) is 26.2. The fraction of sp³-hybridized carbons (Fsp3) is 0.0789. The van der Waals surface area contributed by atoms with Gasteiger partial charge in [-0.25, -0.2) is 19.9 Å². The van der Waals surface area contributed by atoms with Crippen molar-refractivity contribution in [3.63, 3.8) is 0 Å². The van der Waals surface area contributed by atoms with Crippen LogP contribution in [0.1, 0.15) is 0 Å². The molecule has 0 aliphatic carbocycles. The van der Waals surface area contributed by atoms with Gasteiger partial charge in [0.25, 0.3) is 0 Å². The predicted octanol–water partition coefficient (Wildman–Crippen LogP) is 6.06. The standard InChI is InChI=1S/C11H10N2O.C10H8N2O.C6H8BNO3.C6H6BrNO.C5H4BrN/c1-14-11-6-5-9(8-13-11)10-4-2-3-7-12-10;13-10-5-4-8(7-12-10)9-3-1-2-6-11-9;1-11-6-3-2-5(4-8-6)7(9)10;1-9-6-3-2-5(7)4-8-6;6-5-3-1-2-4-7-5/h2-8H,1H3;1-7H,(H,12,13);2-4,9-10H,1H3;2-4H,1H3;1-4H. The van der Waals surface area contributed by atoms with Crippen LogP contribution in [0.25, 0.3) is 22.5 Å². The minimum Gasteiger partial charge on any atom is -0.481 e. The maximum absolute atomic E-state index is 10.8. The highest BCUT2D eigenvalue weighted by molar-refractivity contribution is 9.10. The van der Waals surface area contributed by atoms with Gasteiger partial charge in [-0.2, -0.15) is 0 Å². The van der Waals surface area contributed by atoms with Gasteiger partial charge in [0.1, 0.15) is 4.60 Å². The maximum atomic E-state index is 10.8. The Labute approximate surface area is 329 Å². The van der Waals surface area contributed by atoms with Gasteiger partial charge in [0.15, 0.2) is 0 Å². The number of halogens is 2. The number of ether oxygens (including phenoxy) is 3. The van der Waals surface area contributed by atoms with Crippen LogP contribution < -0.4 is 25.2 Å². The number of nitrogens with zero attached hydrogens (tertiary/aromatic N) is 6. The number of H-pyrrole nitrogens is 1. The molecule has 7 heterocycles. The van der Waals surface area contributed by atoms with Crippen molar-refractivity contribution in [1.29, 1.82) is 0 Å². The lowest BCUT2D eigenvalue weighted by molar-refractivity contribution is 0.397. The first-order valence-electron chi connectivity index (χ1n) is 15.8. The molecule has 0 unspecified atom stereocenters. The van der Waals surface area contributed by atoms with Crippen LogP contribution in [-0.2, 0) is 0 Å². The number of aromatic amines is 1. The summed E-state index contributed by atoms with van der Waals surface area (Å²) in [6, 6.07) is 30.9. The van der Waals surface area contributed by atoms with Gasteiger partial charge >= 0.3 is 7.12 Å². The molecule has 3 N–H and O–H groups in total. The Kier molecular flexibility index (Phi) is 19.3. The second kappa shape index (κ2) is 24.4. The zero-order valence-corrected chi connectivity index (χ0v) is 32.6. The fourth-order valence-corrected chi connectivity index (χ4v) is 4.28. The molecule has 16 heteroatoms. The highest BCUT2D eigenvalue weighted by Crippen LogP contribution is 2.17. The van der Waals surface area contributed by atoms with E-state index in [0.717, 1.165) is 31.6 Å². The van der Waals surface area contributed by atoms with Gasteiger partial charge in [0.05, 0.1) is 32.7 Å². The van der Waals surface area contributed by atoms with Crippen molar-refractivity contribution in [3.05, 3.63) is 166 Å². The van der Waals surface area contributed by atoms with E-state index < -0.39 is 7.12 Å². The molecule has 0 saturated carbocycles. The second-order valence-electron chi connectivity index (χ2n) is 10.1. The molecule has 0 saturated heterocycles. The quantitative estimate of drug-likeness (QED) is 0.130. The van der Waals surface area contributed by atoms with Crippen molar-refractivity contribution in [1.82, 2.24) is 34.9 Å². The Hall–Kier alpha value is -5.81. The van der Waals surface area contributed by atoms with Crippen LogP contribution in [0.5, 0.6) is 17.6 Å². The number of methoxy groups -OCH3 is 3. The van der Waals surface area contributed by atoms with Crippen LogP contribution in [0.15, 0.2) is 160 Å². The Morgan fingerprint density at radius 1 is 0.556 bits per heavy atom. The van der Waals surface area contributed by atoms with Crippen molar-refractivity contribution >= 4 is 44.4 Å². The molecule has 13 nitrogen and oxygen atoms in total. The molecule has 0 aliphatic heterocycles. The van der Waals surface area contributed by atoms with Crippen LogP contribution in [0.2, 0.25) is 0 Å². The summed E-state index contributed by atoms with van der Waals surface area (Å²) in [6.45, 7) is 0. The van der Waals surface area contributed by atoms with E-state index in [9.17, 15) is 4.79 Å². The van der Waals surface area contributed by atoms with Gasteiger partial charge in [-0.05, 0) is 92.5 Å². The van der Waals surface area contributed by atoms with Gasteiger partial charge in [0, 0.05) is 82.6 Å². The van der Waals surface area contributed by atoms with Gasteiger partial charge in [-0.3, -0.25) is 14.8 Å². The highest BCUT2D eigenvalue weighted by Gasteiger charge is 2.10. The summed E-state index contributed by atoms with van der Waals surface area (Å²) in [5.74, 6) is 1.71. The fourth-order valence-electron chi connectivity index (χ4n) is 3.78. The molecule has 0 fully saturated rings. The number of pyridine rings is 7. The number of hydrogen-bond donors (Lipinski definition) is 3. The van der Waals surface area contributed by atoms with Crippen molar-refractivity contribution in [2.75, 3.05) is 21.3 Å². The first kappa shape index (κ1) is 42.6. The third-order valence-electron chi connectivity index (χ3n) is 6.46. The van der Waals surface area contributed by atoms with Gasteiger partial charge in [-0.15, -0.1) is 0 Å². The average molecular weight is 857 g/mol. The Bertz CT molecular complexity index is 2070. The van der Waals surface area contributed by atoms with E-state index in [1.54, 1.807) is 69.6 Å². The highest BCUT2D eigenvalue weighted by atomic mass is 79.9. The van der Waals surface area contributed by atoms with E-state index in [4.69, 9.17) is 24.3 Å². The predicted molar refractivity (Wildman–Crippen MR) is 215 cm³/mol. The van der Waals surface area contributed by atoms with Crippen LogP contribution in [0.3, 0.4) is 0 Å². The Morgan fingerprint density at radius 3 is 1.44 bits per heavy atom. The molecular weight excluding hydrogens is 821 g/mol. The summed E-state index contributed by atoms with van der Waals surface area (Å²) < 4.78 is 16.4. The monoisotopic (exact) mass is 855 g/mol. The third-order valence-corrected chi connectivity index (χ3v) is 7.39. The lowest BCUT2D eigenvalue weighted by Gasteiger charge is -2.01.